The molecule has 4 fully saturated rings. The van der Waals surface area contributed by atoms with E-state index in [1.807, 2.05) is 54.6 Å². The number of Topliss-reactive ketones (excluding diaryl/α,β-unsaturated/α-hetero) is 1. The Morgan fingerprint density at radius 3 is 2.38 bits per heavy atom. The number of allylic oxidation sites excluding steroid dienone is 4. The number of rotatable bonds is 8. The number of amides is 2. The van der Waals surface area contributed by atoms with E-state index in [0.717, 1.165) is 50.5 Å². The van der Waals surface area contributed by atoms with Crippen LogP contribution in [0.15, 0.2) is 78.4 Å². The van der Waals surface area contributed by atoms with Gasteiger partial charge in [0.15, 0.2) is 5.78 Å². The molecular formula is C42H52N2O6. The second-order valence-electron chi connectivity index (χ2n) is 16.7. The average molecular weight is 681 g/mol. The first-order chi connectivity index (χ1) is 24.0. The Hall–Kier alpha value is -3.46. The van der Waals surface area contributed by atoms with Gasteiger partial charge in [-0.1, -0.05) is 62.4 Å². The lowest BCUT2D eigenvalue weighted by Gasteiger charge is -2.71. The SMILES string of the molecule is COc1ccc(NC(=O)N(C[C@H]2CCCO2)C[C@]2(O)CC[C@H]3[C@]45C=C[C@@]6(C=C4C(=O)c4ccccc4)CC(O)CC[C@]6(C)[C@H]5CC[C@@]32C)cc1. The summed E-state index contributed by atoms with van der Waals surface area (Å²) in [7, 11) is 1.61. The molecular weight excluding hydrogens is 628 g/mol. The van der Waals surface area contributed by atoms with Gasteiger partial charge in [-0.05, 0) is 99.3 Å². The van der Waals surface area contributed by atoms with Gasteiger partial charge in [0.25, 0.3) is 0 Å². The maximum atomic E-state index is 14.7. The molecule has 2 aromatic rings. The molecule has 2 spiro atoms. The van der Waals surface area contributed by atoms with Crippen molar-refractivity contribution in [1.29, 1.82) is 0 Å². The van der Waals surface area contributed by atoms with Crippen molar-refractivity contribution in [3.8, 4) is 5.75 Å². The van der Waals surface area contributed by atoms with Gasteiger partial charge < -0.3 is 29.9 Å². The Morgan fingerprint density at radius 1 is 0.940 bits per heavy atom. The number of fused-ring (bicyclic) bond motifs is 1. The zero-order valence-electron chi connectivity index (χ0n) is 29.7. The number of hydrogen-bond donors (Lipinski definition) is 3. The molecule has 0 radical (unpaired) electrons. The van der Waals surface area contributed by atoms with Crippen LogP contribution in [-0.4, -0.2) is 71.5 Å². The van der Waals surface area contributed by atoms with Crippen LogP contribution in [-0.2, 0) is 4.74 Å². The summed E-state index contributed by atoms with van der Waals surface area (Å²) >= 11 is 0. The van der Waals surface area contributed by atoms with Crippen molar-refractivity contribution in [3.63, 3.8) is 0 Å². The molecule has 1 aliphatic heterocycles. The van der Waals surface area contributed by atoms with Crippen molar-refractivity contribution in [1.82, 2.24) is 4.90 Å². The van der Waals surface area contributed by atoms with Crippen molar-refractivity contribution in [3.05, 3.63) is 84.0 Å². The smallest absolute Gasteiger partial charge is 0.322 e. The van der Waals surface area contributed by atoms with Crippen LogP contribution < -0.4 is 10.1 Å². The van der Waals surface area contributed by atoms with Crippen LogP contribution in [0.3, 0.4) is 0 Å². The van der Waals surface area contributed by atoms with Crippen molar-refractivity contribution < 1.29 is 29.3 Å². The van der Waals surface area contributed by atoms with Crippen LogP contribution in [0.1, 0.15) is 82.0 Å². The molecule has 266 valence electrons. The number of urea groups is 1. The molecule has 9 atom stereocenters. The Labute approximate surface area is 295 Å². The molecule has 1 unspecified atom stereocenters. The fraction of sp³-hybridized carbons (Fsp3) is 0.571. The second kappa shape index (κ2) is 12.1. The molecule has 9 rings (SSSR count). The summed E-state index contributed by atoms with van der Waals surface area (Å²) in [4.78, 5) is 30.5. The van der Waals surface area contributed by atoms with Gasteiger partial charge in [-0.25, -0.2) is 4.79 Å². The molecule has 2 amide bonds. The number of hydrogen-bond acceptors (Lipinski definition) is 6. The number of nitrogens with one attached hydrogen (secondary N) is 1. The number of aliphatic hydroxyl groups is 2. The van der Waals surface area contributed by atoms with E-state index in [0.29, 0.717) is 43.0 Å². The predicted octanol–water partition coefficient (Wildman–Crippen LogP) is 7.18. The minimum atomic E-state index is -1.17. The monoisotopic (exact) mass is 680 g/mol. The minimum Gasteiger partial charge on any atom is -0.497 e. The molecule has 1 heterocycles. The van der Waals surface area contributed by atoms with Gasteiger partial charge in [0.1, 0.15) is 5.75 Å². The fourth-order valence-electron chi connectivity index (χ4n) is 11.8. The number of carbonyl (C=O) groups is 2. The van der Waals surface area contributed by atoms with E-state index in [2.05, 4.69) is 37.4 Å². The highest BCUT2D eigenvalue weighted by atomic mass is 16.5. The van der Waals surface area contributed by atoms with E-state index in [1.165, 1.54) is 0 Å². The molecule has 7 aliphatic rings. The van der Waals surface area contributed by atoms with E-state index in [-0.39, 0.29) is 47.1 Å². The lowest BCUT2D eigenvalue weighted by Crippen LogP contribution is -2.67. The third-order valence-electron chi connectivity index (χ3n) is 14.5. The van der Waals surface area contributed by atoms with Crippen LogP contribution in [0.5, 0.6) is 5.75 Å². The van der Waals surface area contributed by atoms with Crippen LogP contribution >= 0.6 is 0 Å². The van der Waals surface area contributed by atoms with Gasteiger partial charge in [-0.3, -0.25) is 4.79 Å². The summed E-state index contributed by atoms with van der Waals surface area (Å²) in [6.07, 6.45) is 13.6. The number of methoxy groups -OCH3 is 1. The number of ketones is 1. The third-order valence-corrected chi connectivity index (χ3v) is 14.5. The zero-order valence-corrected chi connectivity index (χ0v) is 29.7. The van der Waals surface area contributed by atoms with Gasteiger partial charge in [-0.2, -0.15) is 0 Å². The van der Waals surface area contributed by atoms with Gasteiger partial charge in [0.05, 0.1) is 31.5 Å². The highest BCUT2D eigenvalue weighted by molar-refractivity contribution is 6.10. The number of anilines is 1. The van der Waals surface area contributed by atoms with Gasteiger partial charge in [0.2, 0.25) is 0 Å². The van der Waals surface area contributed by atoms with E-state index < -0.39 is 22.5 Å². The zero-order chi connectivity index (χ0) is 34.9. The van der Waals surface area contributed by atoms with Crippen molar-refractivity contribution >= 4 is 17.5 Å². The van der Waals surface area contributed by atoms with Crippen LogP contribution in [0.25, 0.3) is 0 Å². The Morgan fingerprint density at radius 2 is 1.66 bits per heavy atom. The molecule has 2 aromatic carbocycles. The molecule has 6 aliphatic carbocycles. The lowest BCUT2D eigenvalue weighted by atomic mass is 9.32. The normalized spacial score (nSPS) is 39.6. The summed E-state index contributed by atoms with van der Waals surface area (Å²) in [5.74, 6) is 0.981. The summed E-state index contributed by atoms with van der Waals surface area (Å²) in [5, 5.41) is 27.1. The summed E-state index contributed by atoms with van der Waals surface area (Å²) in [5.41, 5.74) is -0.567. The van der Waals surface area contributed by atoms with Crippen molar-refractivity contribution in [2.75, 3.05) is 32.1 Å². The topological polar surface area (TPSA) is 108 Å². The Kier molecular flexibility index (Phi) is 8.12. The molecule has 3 saturated carbocycles. The predicted molar refractivity (Wildman–Crippen MR) is 192 cm³/mol. The number of aliphatic hydroxyl groups excluding tert-OH is 1. The second-order valence-corrected chi connectivity index (χ2v) is 16.7. The molecule has 0 aromatic heterocycles. The number of benzene rings is 2. The molecule has 2 bridgehead atoms. The number of carbonyl (C=O) groups excluding carboxylic acids is 2. The molecule has 1 saturated heterocycles. The number of ether oxygens (including phenoxy) is 2. The van der Waals surface area contributed by atoms with Crippen LogP contribution in [0.4, 0.5) is 10.5 Å². The summed E-state index contributed by atoms with van der Waals surface area (Å²) < 4.78 is 11.3. The van der Waals surface area contributed by atoms with Crippen LogP contribution in [0.2, 0.25) is 0 Å². The molecule has 50 heavy (non-hydrogen) atoms. The molecule has 8 heteroatoms. The minimum absolute atomic E-state index is 0.00474. The van der Waals surface area contributed by atoms with Gasteiger partial charge >= 0.3 is 6.03 Å². The van der Waals surface area contributed by atoms with E-state index >= 15 is 0 Å². The first kappa shape index (κ1) is 33.7. The van der Waals surface area contributed by atoms with E-state index in [1.54, 1.807) is 12.0 Å². The highest BCUT2D eigenvalue weighted by Gasteiger charge is 2.74. The molecule has 3 N–H and O–H groups in total. The first-order valence-electron chi connectivity index (χ1n) is 18.7. The quantitative estimate of drug-likeness (QED) is 0.201. The fourth-order valence-corrected chi connectivity index (χ4v) is 11.8. The Bertz CT molecular complexity index is 1700. The Balaban J connectivity index is 1.16. The lowest BCUT2D eigenvalue weighted by molar-refractivity contribution is -0.175. The largest absolute Gasteiger partial charge is 0.497 e. The van der Waals surface area contributed by atoms with Gasteiger partial charge in [-0.15, -0.1) is 0 Å². The average Bonchev–Trinajstić information content (AvgIpc) is 3.73. The maximum absolute atomic E-state index is 14.7. The van der Waals surface area contributed by atoms with Crippen molar-refractivity contribution in [2.24, 2.45) is 33.5 Å². The standard InChI is InChI=1S/C42H52N2O6/c1-38-18-15-30(45)24-40(38)21-22-42(33(25-40)36(46)28-8-5-4-6-9-28)34(38)16-19-39(2)35(42)17-20-41(39,48)27-44(26-32-10-7-23-50-32)37(47)43-29-11-13-31(49-3)14-12-29/h4-6,8-9,11-14,21-22,25,30,32,34-35,45,48H,7,10,15-20,23-24,26-27H2,1-3H3,(H,43,47)/t30?,32-,34-,35-,38-,39+,40+,41-,42-/m1/s1. The van der Waals surface area contributed by atoms with E-state index in [9.17, 15) is 19.8 Å². The molecule has 8 nitrogen and oxygen atoms in total. The van der Waals surface area contributed by atoms with Gasteiger partial charge in [0, 0.05) is 46.2 Å². The third kappa shape index (κ3) is 4.88. The summed E-state index contributed by atoms with van der Waals surface area (Å²) in [6, 6.07) is 16.6. The first-order valence-corrected chi connectivity index (χ1v) is 18.7. The maximum Gasteiger partial charge on any atom is 0.322 e. The summed E-state index contributed by atoms with van der Waals surface area (Å²) in [6.45, 7) is 5.90. The highest BCUT2D eigenvalue weighted by Crippen LogP contribution is 2.78. The van der Waals surface area contributed by atoms with E-state index in [4.69, 9.17) is 9.47 Å². The number of nitrogens with zero attached hydrogens (tertiary/aromatic N) is 1. The van der Waals surface area contributed by atoms with Crippen LogP contribution in [0, 0.1) is 33.5 Å². The van der Waals surface area contributed by atoms with Crippen molar-refractivity contribution in [2.45, 2.75) is 89.4 Å².